The molecule has 0 atom stereocenters. The summed E-state index contributed by atoms with van der Waals surface area (Å²) in [7, 11) is 0. The number of fused-ring (bicyclic) bond motifs is 1. The van der Waals surface area contributed by atoms with Gasteiger partial charge in [-0.25, -0.2) is 9.78 Å². The van der Waals surface area contributed by atoms with Gasteiger partial charge in [0.1, 0.15) is 22.9 Å². The topological polar surface area (TPSA) is 72.7 Å². The molecule has 172 valence electrons. The smallest absolute Gasteiger partial charge is 0.345 e. The Kier molecular flexibility index (Phi) is 6.23. The van der Waals surface area contributed by atoms with Gasteiger partial charge >= 0.3 is 5.97 Å². The van der Waals surface area contributed by atoms with Crippen molar-refractivity contribution in [2.24, 2.45) is 0 Å². The van der Waals surface area contributed by atoms with Crippen LogP contribution in [-0.2, 0) is 0 Å². The van der Waals surface area contributed by atoms with E-state index < -0.39 is 5.97 Å². The number of benzene rings is 3. The highest BCUT2D eigenvalue weighted by Crippen LogP contribution is 2.31. The molecule has 0 spiro atoms. The number of hydrogen-bond acceptors (Lipinski definition) is 4. The van der Waals surface area contributed by atoms with Crippen LogP contribution in [-0.4, -0.2) is 21.3 Å². The molecule has 35 heavy (non-hydrogen) atoms. The molecule has 1 amide bonds. The summed E-state index contributed by atoms with van der Waals surface area (Å²) in [5, 5.41) is 3.61. The zero-order chi connectivity index (χ0) is 24.4. The molecule has 0 fully saturated rings. The summed E-state index contributed by atoms with van der Waals surface area (Å²) in [5.74, 6) is -0.0630. The van der Waals surface area contributed by atoms with Crippen molar-refractivity contribution in [3.8, 4) is 17.0 Å². The number of halogens is 2. The maximum atomic E-state index is 13.0. The molecule has 0 saturated carbocycles. The van der Waals surface area contributed by atoms with E-state index in [2.05, 4.69) is 5.32 Å². The minimum Gasteiger partial charge on any atom is -0.423 e. The first kappa shape index (κ1) is 22.7. The highest BCUT2D eigenvalue weighted by atomic mass is 35.5. The minimum atomic E-state index is -0.552. The van der Waals surface area contributed by atoms with E-state index in [0.717, 1.165) is 5.56 Å². The molecule has 0 aliphatic carbocycles. The Labute approximate surface area is 210 Å². The monoisotopic (exact) mass is 501 g/mol. The van der Waals surface area contributed by atoms with Crippen molar-refractivity contribution in [2.45, 2.75) is 0 Å². The van der Waals surface area contributed by atoms with Gasteiger partial charge in [0, 0.05) is 11.8 Å². The number of carbonyl (C=O) groups excluding carboxylic acids is 2. The Morgan fingerprint density at radius 2 is 1.40 bits per heavy atom. The highest BCUT2D eigenvalue weighted by Gasteiger charge is 2.19. The molecule has 1 N–H and O–H groups in total. The molecule has 0 saturated heterocycles. The van der Waals surface area contributed by atoms with Crippen LogP contribution >= 0.6 is 23.2 Å². The van der Waals surface area contributed by atoms with Crippen molar-refractivity contribution in [2.75, 3.05) is 5.32 Å². The second-order valence-electron chi connectivity index (χ2n) is 7.57. The summed E-state index contributed by atoms with van der Waals surface area (Å²) in [6, 6.07) is 25.9. The second-order valence-corrected chi connectivity index (χ2v) is 8.38. The van der Waals surface area contributed by atoms with Gasteiger partial charge in [-0.15, -0.1) is 0 Å². The van der Waals surface area contributed by atoms with E-state index in [1.165, 1.54) is 0 Å². The number of esters is 1. The average molecular weight is 502 g/mol. The lowest BCUT2D eigenvalue weighted by molar-refractivity contribution is 0.0734. The van der Waals surface area contributed by atoms with E-state index in [1.807, 2.05) is 24.4 Å². The predicted octanol–water partition coefficient (Wildman–Crippen LogP) is 6.78. The van der Waals surface area contributed by atoms with E-state index in [-0.39, 0.29) is 11.5 Å². The van der Waals surface area contributed by atoms with Gasteiger partial charge in [0.05, 0.1) is 21.2 Å². The third kappa shape index (κ3) is 4.62. The molecule has 6 nitrogen and oxygen atoms in total. The van der Waals surface area contributed by atoms with Crippen molar-refractivity contribution in [3.63, 3.8) is 0 Å². The standard InChI is InChI=1S/C27H17Cl2N3O3/c28-21-9-3-1-7-19(21)26(33)31-25-24(30-23-11-5-6-16-32(23)25)17-12-14-18(15-13-17)35-27(34)20-8-2-4-10-22(20)29/h1-16H,(H,31,33). The lowest BCUT2D eigenvalue weighted by Gasteiger charge is -2.10. The normalized spacial score (nSPS) is 10.8. The lowest BCUT2D eigenvalue weighted by atomic mass is 10.1. The van der Waals surface area contributed by atoms with E-state index in [4.69, 9.17) is 32.9 Å². The number of carbonyl (C=O) groups is 2. The fourth-order valence-electron chi connectivity index (χ4n) is 3.61. The zero-order valence-electron chi connectivity index (χ0n) is 18.1. The van der Waals surface area contributed by atoms with Crippen molar-refractivity contribution in [1.29, 1.82) is 0 Å². The predicted molar refractivity (Wildman–Crippen MR) is 136 cm³/mol. The maximum Gasteiger partial charge on any atom is 0.345 e. The van der Waals surface area contributed by atoms with Crippen LogP contribution in [0.3, 0.4) is 0 Å². The van der Waals surface area contributed by atoms with E-state index in [0.29, 0.717) is 38.5 Å². The van der Waals surface area contributed by atoms with Crippen LogP contribution in [0.2, 0.25) is 10.0 Å². The highest BCUT2D eigenvalue weighted by molar-refractivity contribution is 6.34. The number of hydrogen-bond donors (Lipinski definition) is 1. The number of nitrogens with one attached hydrogen (secondary N) is 1. The number of nitrogens with zero attached hydrogens (tertiary/aromatic N) is 2. The fraction of sp³-hybridized carbons (Fsp3) is 0. The molecule has 2 heterocycles. The number of aromatic nitrogens is 2. The van der Waals surface area contributed by atoms with Gasteiger partial charge in [0.2, 0.25) is 0 Å². The summed E-state index contributed by atoms with van der Waals surface area (Å²) in [4.78, 5) is 30.1. The van der Waals surface area contributed by atoms with Crippen LogP contribution in [0.15, 0.2) is 97.2 Å². The third-order valence-corrected chi connectivity index (χ3v) is 5.97. The number of pyridine rings is 1. The van der Waals surface area contributed by atoms with Gasteiger partial charge in [-0.2, -0.15) is 0 Å². The Hall–Kier alpha value is -4.13. The molecule has 0 aliphatic rings. The Morgan fingerprint density at radius 3 is 2.09 bits per heavy atom. The van der Waals surface area contributed by atoms with Gasteiger partial charge in [0.15, 0.2) is 0 Å². The number of anilines is 1. The minimum absolute atomic E-state index is 0.281. The maximum absolute atomic E-state index is 13.0. The van der Waals surface area contributed by atoms with E-state index in [9.17, 15) is 9.59 Å². The van der Waals surface area contributed by atoms with E-state index in [1.54, 1.807) is 77.2 Å². The second kappa shape index (κ2) is 9.62. The van der Waals surface area contributed by atoms with Crippen LogP contribution < -0.4 is 10.1 Å². The number of rotatable bonds is 5. The first-order chi connectivity index (χ1) is 17.0. The zero-order valence-corrected chi connectivity index (χ0v) is 19.6. The van der Waals surface area contributed by atoms with Crippen molar-refractivity contribution < 1.29 is 14.3 Å². The summed E-state index contributed by atoms with van der Waals surface area (Å²) in [6.07, 6.45) is 1.81. The van der Waals surface area contributed by atoms with Crippen molar-refractivity contribution in [3.05, 3.63) is 118 Å². The third-order valence-electron chi connectivity index (χ3n) is 5.31. The summed E-state index contributed by atoms with van der Waals surface area (Å²) < 4.78 is 7.25. The SMILES string of the molecule is O=C(Nc1c(-c2ccc(OC(=O)c3ccccc3Cl)cc2)nc2ccccn12)c1ccccc1Cl. The molecule has 0 aliphatic heterocycles. The van der Waals surface area contributed by atoms with Gasteiger partial charge in [-0.1, -0.05) is 53.5 Å². The molecule has 5 rings (SSSR count). The largest absolute Gasteiger partial charge is 0.423 e. The fourth-order valence-corrected chi connectivity index (χ4v) is 4.04. The quantitative estimate of drug-likeness (QED) is 0.212. The number of amides is 1. The van der Waals surface area contributed by atoms with Crippen LogP contribution in [0, 0.1) is 0 Å². The van der Waals surface area contributed by atoms with Crippen molar-refractivity contribution in [1.82, 2.24) is 9.38 Å². The first-order valence-electron chi connectivity index (χ1n) is 10.6. The van der Waals surface area contributed by atoms with Crippen LogP contribution in [0.1, 0.15) is 20.7 Å². The number of imidazole rings is 1. The van der Waals surface area contributed by atoms with Gasteiger partial charge in [0.25, 0.3) is 5.91 Å². The summed E-state index contributed by atoms with van der Waals surface area (Å²) >= 11 is 12.3. The Morgan fingerprint density at radius 1 is 0.771 bits per heavy atom. The molecule has 5 aromatic rings. The van der Waals surface area contributed by atoms with Crippen LogP contribution in [0.4, 0.5) is 5.82 Å². The lowest BCUT2D eigenvalue weighted by Crippen LogP contribution is -2.14. The van der Waals surface area contributed by atoms with Crippen molar-refractivity contribution >= 4 is 46.5 Å². The molecule has 0 radical (unpaired) electrons. The molecule has 0 unspecified atom stereocenters. The molecular weight excluding hydrogens is 485 g/mol. The molecule has 0 bridgehead atoms. The van der Waals surface area contributed by atoms with Gasteiger partial charge < -0.3 is 10.1 Å². The summed E-state index contributed by atoms with van der Waals surface area (Å²) in [5.41, 5.74) is 2.57. The Balaban J connectivity index is 1.46. The molecule has 3 aromatic carbocycles. The number of ether oxygens (including phenoxy) is 1. The molecular formula is C27H17Cl2N3O3. The van der Waals surface area contributed by atoms with Gasteiger partial charge in [-0.3, -0.25) is 9.20 Å². The molecule has 8 heteroatoms. The van der Waals surface area contributed by atoms with Crippen LogP contribution in [0.25, 0.3) is 16.9 Å². The average Bonchev–Trinajstić information content (AvgIpc) is 3.23. The Bertz CT molecular complexity index is 1560. The first-order valence-corrected chi connectivity index (χ1v) is 11.4. The molecule has 2 aromatic heterocycles. The summed E-state index contributed by atoms with van der Waals surface area (Å²) in [6.45, 7) is 0. The van der Waals surface area contributed by atoms with E-state index >= 15 is 0 Å². The van der Waals surface area contributed by atoms with Gasteiger partial charge in [-0.05, 0) is 60.7 Å². The van der Waals surface area contributed by atoms with Crippen LogP contribution in [0.5, 0.6) is 5.75 Å².